The van der Waals surface area contributed by atoms with Gasteiger partial charge in [0.15, 0.2) is 0 Å². The molecule has 2 amide bonds. The lowest BCUT2D eigenvalue weighted by atomic mass is 10.5. The highest BCUT2D eigenvalue weighted by Crippen LogP contribution is 2.17. The van der Waals surface area contributed by atoms with Crippen molar-refractivity contribution in [2.45, 2.75) is 0 Å². The predicted octanol–water partition coefficient (Wildman–Crippen LogP) is 0.921. The molecule has 5 heteroatoms. The number of carbonyl (C=O) groups is 2. The van der Waals surface area contributed by atoms with Gasteiger partial charge in [-0.25, -0.2) is 0 Å². The van der Waals surface area contributed by atoms with Crippen molar-refractivity contribution in [1.82, 2.24) is 4.90 Å². The summed E-state index contributed by atoms with van der Waals surface area (Å²) >= 11 is 6.39. The first kappa shape index (κ1) is 7.88. The summed E-state index contributed by atoms with van der Waals surface area (Å²) in [5.41, 5.74) is 0. The van der Waals surface area contributed by atoms with E-state index in [0.29, 0.717) is 12.4 Å². The van der Waals surface area contributed by atoms with E-state index in [1.165, 1.54) is 4.90 Å². The third kappa shape index (κ3) is 1.44. The smallest absolute Gasteiger partial charge is 0.273 e. The van der Waals surface area contributed by atoms with Gasteiger partial charge in [-0.05, 0) is 0 Å². The van der Waals surface area contributed by atoms with Gasteiger partial charge in [0.1, 0.15) is 0 Å². The molecule has 1 aliphatic heterocycles. The molecule has 3 nitrogen and oxygen atoms in total. The van der Waals surface area contributed by atoms with Crippen LogP contribution in [0.1, 0.15) is 0 Å². The zero-order valence-corrected chi connectivity index (χ0v) is 6.74. The van der Waals surface area contributed by atoms with Gasteiger partial charge in [-0.3, -0.25) is 14.5 Å². The minimum Gasteiger partial charge on any atom is -0.273 e. The molecule has 0 aromatic heterocycles. The molecule has 0 bridgehead atoms. The molecular weight excluding hydrogens is 174 g/mol. The van der Waals surface area contributed by atoms with Gasteiger partial charge in [-0.1, -0.05) is 11.8 Å². The molecule has 0 N–H and O–H groups in total. The van der Waals surface area contributed by atoms with E-state index in [0.717, 1.165) is 11.8 Å². The maximum absolute atomic E-state index is 10.8. The Morgan fingerprint density at radius 3 is 2.70 bits per heavy atom. The van der Waals surface area contributed by atoms with Crippen LogP contribution in [0.5, 0.6) is 0 Å². The highest BCUT2D eigenvalue weighted by atomic mass is 35.5. The second kappa shape index (κ2) is 3.25. The fourth-order valence-corrected chi connectivity index (χ4v) is 1.60. The molecule has 0 saturated carbocycles. The van der Waals surface area contributed by atoms with Crippen LogP contribution in [0, 0.1) is 0 Å². The number of nitrogens with zero attached hydrogens (tertiary/aromatic N) is 1. The maximum atomic E-state index is 10.8. The van der Waals surface area contributed by atoms with Gasteiger partial charge in [0.05, 0.1) is 5.75 Å². The number of hydrogen-bond acceptors (Lipinski definition) is 3. The van der Waals surface area contributed by atoms with E-state index < -0.39 is 0 Å². The Kier molecular flexibility index (Phi) is 2.56. The fraction of sp³-hybridized carbons (Fsp3) is 0.600. The van der Waals surface area contributed by atoms with Gasteiger partial charge in [0.25, 0.3) is 5.24 Å². The van der Waals surface area contributed by atoms with E-state index in [2.05, 4.69) is 0 Å². The van der Waals surface area contributed by atoms with Crippen molar-refractivity contribution in [1.29, 1.82) is 0 Å². The van der Waals surface area contributed by atoms with E-state index in [9.17, 15) is 9.59 Å². The number of rotatable bonds is 2. The van der Waals surface area contributed by atoms with Gasteiger partial charge in [-0.2, -0.15) is 0 Å². The van der Waals surface area contributed by atoms with Crippen molar-refractivity contribution in [2.75, 3.05) is 18.2 Å². The number of halogens is 1. The van der Waals surface area contributed by atoms with E-state index in [-0.39, 0.29) is 16.9 Å². The maximum Gasteiger partial charge on any atom is 0.288 e. The first-order chi connectivity index (χ1) is 4.75. The fourth-order valence-electron chi connectivity index (χ4n) is 0.682. The van der Waals surface area contributed by atoms with Crippen LogP contribution in [0.3, 0.4) is 0 Å². The molecule has 0 aromatic rings. The average molecular weight is 180 g/mol. The van der Waals surface area contributed by atoms with Crippen molar-refractivity contribution < 1.29 is 9.59 Å². The van der Waals surface area contributed by atoms with Crippen molar-refractivity contribution in [3.05, 3.63) is 0 Å². The molecule has 56 valence electrons. The summed E-state index contributed by atoms with van der Waals surface area (Å²) in [5, 5.41) is -0.175. The monoisotopic (exact) mass is 179 g/mol. The Balaban J connectivity index is 2.54. The Morgan fingerprint density at radius 2 is 2.30 bits per heavy atom. The average Bonchev–Trinajstić information content (AvgIpc) is 2.20. The van der Waals surface area contributed by atoms with Crippen LogP contribution in [0.25, 0.3) is 0 Å². The van der Waals surface area contributed by atoms with E-state index in [1.54, 1.807) is 0 Å². The highest BCUT2D eigenvalue weighted by molar-refractivity contribution is 8.14. The summed E-state index contributed by atoms with van der Waals surface area (Å²) in [6.07, 6.45) is 0. The number of imide groups is 1. The molecule has 0 radical (unpaired) electrons. The SMILES string of the molecule is O=C1CSC(=O)N1CCCl. The normalized spacial score (nSPS) is 18.7. The van der Waals surface area contributed by atoms with Crippen LogP contribution in [0.4, 0.5) is 4.79 Å². The lowest BCUT2D eigenvalue weighted by molar-refractivity contribution is -0.124. The van der Waals surface area contributed by atoms with E-state index >= 15 is 0 Å². The molecule has 1 saturated heterocycles. The molecular formula is C5H6ClNO2S. The Morgan fingerprint density at radius 1 is 1.60 bits per heavy atom. The van der Waals surface area contributed by atoms with Gasteiger partial charge >= 0.3 is 0 Å². The quantitative estimate of drug-likeness (QED) is 0.592. The Labute approximate surface area is 67.7 Å². The summed E-state index contributed by atoms with van der Waals surface area (Å²) in [7, 11) is 0. The zero-order valence-electron chi connectivity index (χ0n) is 5.17. The molecule has 1 rings (SSSR count). The van der Waals surface area contributed by atoms with Gasteiger partial charge in [0.2, 0.25) is 5.91 Å². The highest BCUT2D eigenvalue weighted by Gasteiger charge is 2.28. The first-order valence-corrected chi connectivity index (χ1v) is 4.31. The molecule has 10 heavy (non-hydrogen) atoms. The topological polar surface area (TPSA) is 37.4 Å². The van der Waals surface area contributed by atoms with Crippen LogP contribution in [-0.2, 0) is 4.79 Å². The number of thioether (sulfide) groups is 1. The largest absolute Gasteiger partial charge is 0.288 e. The second-order valence-corrected chi connectivity index (χ2v) is 3.09. The van der Waals surface area contributed by atoms with Crippen LogP contribution < -0.4 is 0 Å². The van der Waals surface area contributed by atoms with Crippen LogP contribution in [0.2, 0.25) is 0 Å². The molecule has 0 aromatic carbocycles. The number of hydrogen-bond donors (Lipinski definition) is 0. The van der Waals surface area contributed by atoms with Gasteiger partial charge < -0.3 is 0 Å². The summed E-state index contributed by atoms with van der Waals surface area (Å²) in [6.45, 7) is 0.340. The van der Waals surface area contributed by atoms with E-state index in [1.807, 2.05) is 0 Å². The molecule has 0 spiro atoms. The van der Waals surface area contributed by atoms with Crippen molar-refractivity contribution in [3.63, 3.8) is 0 Å². The number of amides is 2. The third-order valence-corrected chi connectivity index (χ3v) is 2.18. The Hall–Kier alpha value is -0.220. The summed E-state index contributed by atoms with van der Waals surface area (Å²) in [4.78, 5) is 22.8. The lowest BCUT2D eigenvalue weighted by Gasteiger charge is -2.08. The van der Waals surface area contributed by atoms with Crippen molar-refractivity contribution in [3.8, 4) is 0 Å². The standard InChI is InChI=1S/C5H6ClNO2S/c6-1-2-7-4(8)3-10-5(7)9/h1-3H2. The van der Waals surface area contributed by atoms with Crippen molar-refractivity contribution >= 4 is 34.5 Å². The summed E-state index contributed by atoms with van der Waals surface area (Å²) < 4.78 is 0. The van der Waals surface area contributed by atoms with Gasteiger partial charge in [0, 0.05) is 12.4 Å². The van der Waals surface area contributed by atoms with Crippen LogP contribution in [0.15, 0.2) is 0 Å². The molecule has 1 aliphatic rings. The Bertz CT molecular complexity index is 157. The predicted molar refractivity (Wildman–Crippen MR) is 40.3 cm³/mol. The molecule has 0 atom stereocenters. The molecule has 0 aliphatic carbocycles. The third-order valence-electron chi connectivity index (χ3n) is 1.15. The second-order valence-electron chi connectivity index (χ2n) is 1.79. The molecule has 1 fully saturated rings. The molecule has 1 heterocycles. The number of carbonyl (C=O) groups excluding carboxylic acids is 2. The van der Waals surface area contributed by atoms with Crippen LogP contribution >= 0.6 is 23.4 Å². The lowest BCUT2D eigenvalue weighted by Crippen LogP contribution is -2.30. The zero-order chi connectivity index (χ0) is 7.56. The summed E-state index contributed by atoms with van der Waals surface area (Å²) in [6, 6.07) is 0. The minimum atomic E-state index is -0.175. The van der Waals surface area contributed by atoms with E-state index in [4.69, 9.17) is 11.6 Å². The summed E-state index contributed by atoms with van der Waals surface area (Å²) in [5.74, 6) is 0.462. The first-order valence-electron chi connectivity index (χ1n) is 2.79. The minimum absolute atomic E-state index is 0.129. The van der Waals surface area contributed by atoms with Crippen LogP contribution in [-0.4, -0.2) is 34.2 Å². The van der Waals surface area contributed by atoms with Crippen molar-refractivity contribution in [2.24, 2.45) is 0 Å². The number of alkyl halides is 1. The van der Waals surface area contributed by atoms with Gasteiger partial charge in [-0.15, -0.1) is 11.6 Å². The molecule has 0 unspecified atom stereocenters.